The maximum atomic E-state index is 12.9. The molecule has 0 rings (SSSR count). The van der Waals surface area contributed by atoms with E-state index in [0.29, 0.717) is 19.3 Å². The van der Waals surface area contributed by atoms with Gasteiger partial charge in [-0.3, -0.25) is 14.4 Å². The van der Waals surface area contributed by atoms with E-state index in [1.165, 1.54) is 186 Å². The van der Waals surface area contributed by atoms with E-state index in [-0.39, 0.29) is 31.1 Å². The molecule has 0 aromatic rings. The number of unbranched alkanes of at least 4 members (excludes halogenated alkanes) is 35. The molecule has 0 bridgehead atoms. The Morgan fingerprint density at radius 1 is 0.273 bits per heavy atom. The predicted octanol–water partition coefficient (Wildman–Crippen LogP) is 22.7. The minimum Gasteiger partial charge on any atom is -0.462 e. The largest absolute Gasteiger partial charge is 0.462 e. The van der Waals surface area contributed by atoms with Crippen LogP contribution in [-0.4, -0.2) is 37.2 Å². The number of carbonyl (C=O) groups is 3. The Labute approximate surface area is 477 Å². The molecule has 0 amide bonds. The van der Waals surface area contributed by atoms with Gasteiger partial charge in [-0.2, -0.15) is 0 Å². The zero-order valence-electron chi connectivity index (χ0n) is 51.0. The fourth-order valence-electron chi connectivity index (χ4n) is 9.44. The number of allylic oxidation sites excluding steroid dienone is 14. The standard InChI is InChI=1S/C71H124O6/c1-4-7-10-13-16-19-22-24-26-28-30-31-32-33-34-35-36-37-38-39-41-42-44-46-49-52-55-58-61-64-70(73)76-67-68(66-75-69(72)63-60-57-54-51-48-21-18-15-12-9-6-3)77-71(74)65-62-59-56-53-50-47-45-43-40-29-27-25-23-20-17-14-11-8-5-2/h8,11,17,20,22,24-25,27-28,30,40,43,47,50,68H,4-7,9-10,12-16,18-19,21,23,26,29,31-39,41-42,44-46,48-49,51-67H2,1-3H3/b11-8-,20-17-,24-22-,27-25-,30-28-,43-40-,50-47-. The average molecular weight is 1070 g/mol. The van der Waals surface area contributed by atoms with Gasteiger partial charge in [-0.25, -0.2) is 0 Å². The van der Waals surface area contributed by atoms with Gasteiger partial charge in [-0.05, 0) is 96.3 Å². The molecule has 0 spiro atoms. The van der Waals surface area contributed by atoms with Crippen LogP contribution in [0.2, 0.25) is 0 Å². The summed E-state index contributed by atoms with van der Waals surface area (Å²) in [5, 5.41) is 0. The third-order valence-electron chi connectivity index (χ3n) is 14.4. The lowest BCUT2D eigenvalue weighted by Crippen LogP contribution is -2.30. The van der Waals surface area contributed by atoms with Crippen molar-refractivity contribution in [2.45, 2.75) is 335 Å². The van der Waals surface area contributed by atoms with Gasteiger partial charge in [0.05, 0.1) is 0 Å². The van der Waals surface area contributed by atoms with Crippen molar-refractivity contribution < 1.29 is 28.6 Å². The lowest BCUT2D eigenvalue weighted by atomic mass is 10.0. The van der Waals surface area contributed by atoms with Crippen LogP contribution in [0.5, 0.6) is 0 Å². The topological polar surface area (TPSA) is 78.9 Å². The van der Waals surface area contributed by atoms with Crippen molar-refractivity contribution in [2.75, 3.05) is 13.2 Å². The first-order valence-corrected chi connectivity index (χ1v) is 33.1. The van der Waals surface area contributed by atoms with Crippen molar-refractivity contribution in [3.8, 4) is 0 Å². The van der Waals surface area contributed by atoms with Crippen molar-refractivity contribution in [1.29, 1.82) is 0 Å². The van der Waals surface area contributed by atoms with E-state index in [1.54, 1.807) is 0 Å². The zero-order valence-corrected chi connectivity index (χ0v) is 51.0. The molecule has 77 heavy (non-hydrogen) atoms. The fraction of sp³-hybridized carbons (Fsp3) is 0.761. The summed E-state index contributed by atoms with van der Waals surface area (Å²) >= 11 is 0. The average Bonchev–Trinajstić information content (AvgIpc) is 3.43. The summed E-state index contributed by atoms with van der Waals surface area (Å²) in [7, 11) is 0. The van der Waals surface area contributed by atoms with Crippen LogP contribution in [-0.2, 0) is 28.6 Å². The molecule has 0 fully saturated rings. The highest BCUT2D eigenvalue weighted by Crippen LogP contribution is 2.17. The second-order valence-electron chi connectivity index (χ2n) is 22.0. The molecule has 0 radical (unpaired) electrons. The minimum atomic E-state index is -0.792. The Morgan fingerprint density at radius 2 is 0.506 bits per heavy atom. The van der Waals surface area contributed by atoms with E-state index in [1.807, 2.05) is 0 Å². The number of hydrogen-bond acceptors (Lipinski definition) is 6. The maximum absolute atomic E-state index is 12.9. The van der Waals surface area contributed by atoms with Crippen LogP contribution in [0.4, 0.5) is 0 Å². The summed E-state index contributed by atoms with van der Waals surface area (Å²) in [5.41, 5.74) is 0. The van der Waals surface area contributed by atoms with Gasteiger partial charge in [0.15, 0.2) is 6.10 Å². The molecule has 0 aliphatic carbocycles. The van der Waals surface area contributed by atoms with Gasteiger partial charge in [0, 0.05) is 19.3 Å². The first-order chi connectivity index (χ1) is 38.0. The Kier molecular flexibility index (Phi) is 62.2. The zero-order chi connectivity index (χ0) is 55.7. The summed E-state index contributed by atoms with van der Waals surface area (Å²) in [4.78, 5) is 38.3. The molecule has 444 valence electrons. The predicted molar refractivity (Wildman–Crippen MR) is 334 cm³/mol. The normalized spacial score (nSPS) is 12.6. The summed E-state index contributed by atoms with van der Waals surface area (Å²) in [5.74, 6) is -0.906. The highest BCUT2D eigenvalue weighted by atomic mass is 16.6. The van der Waals surface area contributed by atoms with Gasteiger partial charge >= 0.3 is 17.9 Å². The van der Waals surface area contributed by atoms with E-state index in [4.69, 9.17) is 14.2 Å². The van der Waals surface area contributed by atoms with E-state index in [0.717, 1.165) is 103 Å². The van der Waals surface area contributed by atoms with E-state index in [2.05, 4.69) is 106 Å². The van der Waals surface area contributed by atoms with Gasteiger partial charge in [0.25, 0.3) is 0 Å². The van der Waals surface area contributed by atoms with Gasteiger partial charge in [0.1, 0.15) is 13.2 Å². The van der Waals surface area contributed by atoms with Crippen molar-refractivity contribution in [3.05, 3.63) is 85.1 Å². The molecule has 6 heteroatoms. The fourth-order valence-corrected chi connectivity index (χ4v) is 9.44. The van der Waals surface area contributed by atoms with Gasteiger partial charge in [-0.1, -0.05) is 298 Å². The second kappa shape index (κ2) is 65.1. The third-order valence-corrected chi connectivity index (χ3v) is 14.4. The highest BCUT2D eigenvalue weighted by molar-refractivity contribution is 5.71. The van der Waals surface area contributed by atoms with Crippen molar-refractivity contribution >= 4 is 17.9 Å². The summed E-state index contributed by atoms with van der Waals surface area (Å²) in [6.45, 7) is 6.51. The Hall–Kier alpha value is -3.41. The van der Waals surface area contributed by atoms with Crippen molar-refractivity contribution in [2.24, 2.45) is 0 Å². The highest BCUT2D eigenvalue weighted by Gasteiger charge is 2.19. The van der Waals surface area contributed by atoms with Crippen LogP contribution in [0.1, 0.15) is 329 Å². The van der Waals surface area contributed by atoms with E-state index in [9.17, 15) is 14.4 Å². The van der Waals surface area contributed by atoms with Crippen LogP contribution < -0.4 is 0 Å². The molecule has 0 heterocycles. The summed E-state index contributed by atoms with van der Waals surface area (Å²) in [6.07, 6.45) is 86.1. The SMILES string of the molecule is CC/C=C\C/C=C\C/C=C\C/C=C\C/C=C\CCCCCC(=O)OC(COC(=O)CCCCCCCCCCCCC)COC(=O)CCCCCCCCCCCCCCCCCCC/C=C\C/C=C\CCCCCCC. The van der Waals surface area contributed by atoms with Crippen molar-refractivity contribution in [3.63, 3.8) is 0 Å². The van der Waals surface area contributed by atoms with Gasteiger partial charge in [-0.15, -0.1) is 0 Å². The molecule has 0 saturated carbocycles. The number of hydrogen-bond donors (Lipinski definition) is 0. The molecule has 1 atom stereocenters. The van der Waals surface area contributed by atoms with Gasteiger partial charge in [0.2, 0.25) is 0 Å². The Morgan fingerprint density at radius 3 is 0.805 bits per heavy atom. The molecular weight excluding hydrogens is 949 g/mol. The first kappa shape index (κ1) is 73.6. The number of rotatable bonds is 60. The summed E-state index contributed by atoms with van der Waals surface area (Å²) < 4.78 is 16.9. The quantitative estimate of drug-likeness (QED) is 0.0261. The van der Waals surface area contributed by atoms with E-state index >= 15 is 0 Å². The number of carbonyl (C=O) groups excluding carboxylic acids is 3. The lowest BCUT2D eigenvalue weighted by Gasteiger charge is -2.18. The van der Waals surface area contributed by atoms with Gasteiger partial charge < -0.3 is 14.2 Å². The third kappa shape index (κ3) is 63.3. The molecular formula is C71H124O6. The first-order valence-electron chi connectivity index (χ1n) is 33.1. The smallest absolute Gasteiger partial charge is 0.306 e. The van der Waals surface area contributed by atoms with Crippen LogP contribution >= 0.6 is 0 Å². The maximum Gasteiger partial charge on any atom is 0.306 e. The molecule has 0 aromatic carbocycles. The molecule has 0 N–H and O–H groups in total. The van der Waals surface area contributed by atoms with E-state index < -0.39 is 6.10 Å². The second-order valence-corrected chi connectivity index (χ2v) is 22.0. The van der Waals surface area contributed by atoms with Crippen molar-refractivity contribution in [1.82, 2.24) is 0 Å². The van der Waals surface area contributed by atoms with Crippen LogP contribution in [0.25, 0.3) is 0 Å². The Bertz CT molecular complexity index is 1470. The monoisotopic (exact) mass is 1070 g/mol. The molecule has 0 saturated heterocycles. The van der Waals surface area contributed by atoms with Crippen LogP contribution in [0, 0.1) is 0 Å². The summed E-state index contributed by atoms with van der Waals surface area (Å²) in [6, 6.07) is 0. The lowest BCUT2D eigenvalue weighted by molar-refractivity contribution is -0.167. The molecule has 0 aromatic heterocycles. The molecule has 0 aliphatic rings. The molecule has 6 nitrogen and oxygen atoms in total. The minimum absolute atomic E-state index is 0.0865. The molecule has 0 aliphatic heterocycles. The van der Waals surface area contributed by atoms with Crippen LogP contribution in [0.3, 0.4) is 0 Å². The number of esters is 3. The number of ether oxygens (including phenoxy) is 3. The Balaban J connectivity index is 4.23. The molecule has 1 unspecified atom stereocenters. The van der Waals surface area contributed by atoms with Crippen LogP contribution in [0.15, 0.2) is 85.1 Å².